The molecular formula is C26H23F3N6O2. The number of halogens is 3. The normalized spacial score (nSPS) is 13.2. The van der Waals surface area contributed by atoms with Crippen LogP contribution in [0, 0.1) is 0 Å². The van der Waals surface area contributed by atoms with Crippen molar-refractivity contribution in [2.75, 3.05) is 11.5 Å². The smallest absolute Gasteiger partial charge is 0.434 e. The van der Waals surface area contributed by atoms with Crippen LogP contribution in [0.1, 0.15) is 30.2 Å². The first-order valence-electron chi connectivity index (χ1n) is 11.7. The van der Waals surface area contributed by atoms with Crippen LogP contribution in [0.25, 0.3) is 22.8 Å². The van der Waals surface area contributed by atoms with Crippen molar-refractivity contribution in [3.63, 3.8) is 0 Å². The molecule has 0 bridgehead atoms. The van der Waals surface area contributed by atoms with Crippen LogP contribution < -0.4 is 9.64 Å². The molecule has 0 aliphatic carbocycles. The van der Waals surface area contributed by atoms with E-state index in [2.05, 4.69) is 19.9 Å². The largest absolute Gasteiger partial charge is 0.477 e. The van der Waals surface area contributed by atoms with E-state index in [1.807, 2.05) is 13.0 Å². The number of aromatic nitrogens is 5. The zero-order valence-electron chi connectivity index (χ0n) is 20.2. The molecule has 8 nitrogen and oxygen atoms in total. The molecule has 5 rings (SSSR count). The number of carbonyl (C=O) groups is 1. The summed E-state index contributed by atoms with van der Waals surface area (Å²) in [6.07, 6.45) is 0.740. The highest BCUT2D eigenvalue weighted by Crippen LogP contribution is 2.33. The van der Waals surface area contributed by atoms with Crippen LogP contribution >= 0.6 is 0 Å². The van der Waals surface area contributed by atoms with Crippen molar-refractivity contribution in [3.05, 3.63) is 71.8 Å². The molecule has 0 radical (unpaired) electrons. The van der Waals surface area contributed by atoms with E-state index in [1.165, 1.54) is 11.6 Å². The van der Waals surface area contributed by atoms with Gasteiger partial charge in [0.1, 0.15) is 11.6 Å². The topological polar surface area (TPSA) is 86.0 Å². The van der Waals surface area contributed by atoms with Gasteiger partial charge in [-0.25, -0.2) is 19.9 Å². The highest BCUT2D eigenvalue weighted by molar-refractivity contribution is 6.00. The van der Waals surface area contributed by atoms with Crippen molar-refractivity contribution in [3.8, 4) is 28.7 Å². The number of pyridine rings is 1. The molecule has 11 heteroatoms. The van der Waals surface area contributed by atoms with E-state index in [1.54, 1.807) is 47.6 Å². The Bertz CT molecular complexity index is 1450. The number of aryl methyl sites for hydroxylation is 1. The third kappa shape index (κ3) is 4.89. The fourth-order valence-electron chi connectivity index (χ4n) is 4.11. The van der Waals surface area contributed by atoms with Crippen molar-refractivity contribution < 1.29 is 22.7 Å². The molecule has 190 valence electrons. The van der Waals surface area contributed by atoms with Gasteiger partial charge in [-0.05, 0) is 24.1 Å². The molecule has 1 aromatic carbocycles. The highest BCUT2D eigenvalue weighted by atomic mass is 19.4. The van der Waals surface area contributed by atoms with Crippen LogP contribution in [-0.2, 0) is 31.0 Å². The summed E-state index contributed by atoms with van der Waals surface area (Å²) in [6.45, 7) is 2.76. The molecule has 0 fully saturated rings. The second-order valence-electron chi connectivity index (χ2n) is 8.66. The van der Waals surface area contributed by atoms with Crippen molar-refractivity contribution in [1.29, 1.82) is 0 Å². The molecule has 4 heterocycles. The summed E-state index contributed by atoms with van der Waals surface area (Å²) in [5.41, 5.74) is 1.74. The minimum absolute atomic E-state index is 0.113. The number of fused-ring (bicyclic) bond motifs is 1. The lowest BCUT2D eigenvalue weighted by atomic mass is 10.1. The van der Waals surface area contributed by atoms with Crippen LogP contribution in [0.3, 0.4) is 0 Å². The third-order valence-electron chi connectivity index (χ3n) is 5.91. The van der Waals surface area contributed by atoms with Gasteiger partial charge in [0.15, 0.2) is 11.5 Å². The van der Waals surface area contributed by atoms with Crippen LogP contribution in [0.2, 0.25) is 0 Å². The first-order chi connectivity index (χ1) is 17.7. The average molecular weight is 509 g/mol. The lowest BCUT2D eigenvalue weighted by Gasteiger charge is -2.17. The minimum Gasteiger partial charge on any atom is -0.477 e. The Labute approximate surface area is 210 Å². The number of alkyl halides is 3. The molecule has 1 aliphatic heterocycles. The summed E-state index contributed by atoms with van der Waals surface area (Å²) < 4.78 is 46.2. The molecule has 0 saturated heterocycles. The van der Waals surface area contributed by atoms with Crippen molar-refractivity contribution >= 4 is 11.7 Å². The summed E-state index contributed by atoms with van der Waals surface area (Å²) in [6, 6.07) is 10.5. The second kappa shape index (κ2) is 9.64. The third-order valence-corrected chi connectivity index (χ3v) is 5.91. The number of ether oxygens (including phenoxy) is 1. The zero-order chi connectivity index (χ0) is 26.2. The predicted molar refractivity (Wildman–Crippen MR) is 130 cm³/mol. The van der Waals surface area contributed by atoms with Crippen molar-refractivity contribution in [2.45, 2.75) is 32.5 Å². The van der Waals surface area contributed by atoms with Gasteiger partial charge in [0.2, 0.25) is 11.8 Å². The van der Waals surface area contributed by atoms with Crippen LogP contribution in [0.5, 0.6) is 5.88 Å². The highest BCUT2D eigenvalue weighted by Gasteiger charge is 2.34. The van der Waals surface area contributed by atoms with Gasteiger partial charge in [0.25, 0.3) is 0 Å². The average Bonchev–Trinajstić information content (AvgIpc) is 3.42. The maximum atomic E-state index is 13.0. The summed E-state index contributed by atoms with van der Waals surface area (Å²) in [7, 11) is 1.52. The maximum absolute atomic E-state index is 13.0. The summed E-state index contributed by atoms with van der Waals surface area (Å²) in [5.74, 6) is 1.44. The lowest BCUT2D eigenvalue weighted by Crippen LogP contribution is -2.26. The summed E-state index contributed by atoms with van der Waals surface area (Å²) in [5, 5.41) is 0. The van der Waals surface area contributed by atoms with Gasteiger partial charge in [-0.3, -0.25) is 9.69 Å². The van der Waals surface area contributed by atoms with E-state index in [0.717, 1.165) is 23.7 Å². The predicted octanol–water partition coefficient (Wildman–Crippen LogP) is 4.84. The molecule has 3 aromatic heterocycles. The summed E-state index contributed by atoms with van der Waals surface area (Å²) >= 11 is 0. The number of imidazole rings is 1. The minimum atomic E-state index is -4.52. The van der Waals surface area contributed by atoms with Crippen molar-refractivity contribution in [1.82, 2.24) is 24.5 Å². The zero-order valence-corrected chi connectivity index (χ0v) is 20.2. The molecule has 0 unspecified atom stereocenters. The van der Waals surface area contributed by atoms with Gasteiger partial charge >= 0.3 is 6.18 Å². The monoisotopic (exact) mass is 508 g/mol. The SMILES string of the molecule is CCCOc1ncccc1-c1ncc2c(n1)N(Cc1ccc(-c3nc(C(F)(F)F)cn3C)cc1)C(=O)C2. The van der Waals surface area contributed by atoms with Gasteiger partial charge in [0.05, 0.1) is 25.1 Å². The van der Waals surface area contributed by atoms with E-state index in [-0.39, 0.29) is 24.7 Å². The Morgan fingerprint density at radius 2 is 1.86 bits per heavy atom. The van der Waals surface area contributed by atoms with Crippen LogP contribution in [0.15, 0.2) is 55.0 Å². The molecule has 0 spiro atoms. The fraction of sp³-hybridized carbons (Fsp3) is 0.269. The second-order valence-corrected chi connectivity index (χ2v) is 8.66. The van der Waals surface area contributed by atoms with E-state index in [9.17, 15) is 18.0 Å². The van der Waals surface area contributed by atoms with E-state index < -0.39 is 11.9 Å². The lowest BCUT2D eigenvalue weighted by molar-refractivity contribution is -0.140. The first kappa shape index (κ1) is 24.4. The number of rotatable bonds is 7. The molecular weight excluding hydrogens is 485 g/mol. The number of nitrogens with zero attached hydrogens (tertiary/aromatic N) is 6. The molecule has 0 saturated carbocycles. The number of hydrogen-bond donors (Lipinski definition) is 0. The van der Waals surface area contributed by atoms with E-state index >= 15 is 0 Å². The number of amides is 1. The molecule has 4 aromatic rings. The van der Waals surface area contributed by atoms with Gasteiger partial charge in [-0.15, -0.1) is 0 Å². The molecule has 1 amide bonds. The van der Waals surface area contributed by atoms with E-state index in [4.69, 9.17) is 4.74 Å². The Kier molecular flexibility index (Phi) is 6.36. The van der Waals surface area contributed by atoms with Gasteiger partial charge in [-0.2, -0.15) is 13.2 Å². The van der Waals surface area contributed by atoms with Gasteiger partial charge in [0, 0.05) is 36.8 Å². The van der Waals surface area contributed by atoms with Crippen LogP contribution in [-0.4, -0.2) is 37.0 Å². The Balaban J connectivity index is 1.40. The molecule has 37 heavy (non-hydrogen) atoms. The fourth-order valence-corrected chi connectivity index (χ4v) is 4.11. The van der Waals surface area contributed by atoms with Crippen LogP contribution in [0.4, 0.5) is 19.0 Å². The van der Waals surface area contributed by atoms with Gasteiger partial charge in [-0.1, -0.05) is 31.2 Å². The molecule has 0 atom stereocenters. The standard InChI is InChI=1S/C26H23F3N6O2/c1-3-11-37-25-19(5-4-10-30-25)22-31-13-18-12-21(36)35(24(18)33-22)14-16-6-8-17(9-7-16)23-32-20(15-34(23)2)26(27,28)29/h4-10,13,15H,3,11-12,14H2,1-2H3. The number of hydrogen-bond acceptors (Lipinski definition) is 6. The number of benzene rings is 1. The Hall–Kier alpha value is -4.28. The first-order valence-corrected chi connectivity index (χ1v) is 11.7. The maximum Gasteiger partial charge on any atom is 0.434 e. The Morgan fingerprint density at radius 1 is 1.08 bits per heavy atom. The quantitative estimate of drug-likeness (QED) is 0.355. The summed E-state index contributed by atoms with van der Waals surface area (Å²) in [4.78, 5) is 31.5. The molecule has 1 aliphatic rings. The van der Waals surface area contributed by atoms with Gasteiger partial charge < -0.3 is 9.30 Å². The number of carbonyl (C=O) groups excluding carboxylic acids is 1. The Morgan fingerprint density at radius 3 is 2.57 bits per heavy atom. The molecule has 0 N–H and O–H groups in total. The number of anilines is 1. The van der Waals surface area contributed by atoms with E-state index in [0.29, 0.717) is 35.3 Å². The van der Waals surface area contributed by atoms with Crippen molar-refractivity contribution in [2.24, 2.45) is 7.05 Å².